The summed E-state index contributed by atoms with van der Waals surface area (Å²) in [7, 11) is 0. The molecule has 0 radical (unpaired) electrons. The van der Waals surface area contributed by atoms with Crippen LogP contribution in [0.5, 0.6) is 0 Å². The van der Waals surface area contributed by atoms with Crippen molar-refractivity contribution < 1.29 is 19.4 Å². The van der Waals surface area contributed by atoms with Crippen molar-refractivity contribution in [2.45, 2.75) is 45.6 Å². The number of carbonyl (C=O) groups excluding carboxylic acids is 1. The molecule has 0 spiro atoms. The molecular weight excluding hydrogens is 270 g/mol. The summed E-state index contributed by atoms with van der Waals surface area (Å²) < 4.78 is 10.8. The van der Waals surface area contributed by atoms with Gasteiger partial charge in [0.1, 0.15) is 12.7 Å². The van der Waals surface area contributed by atoms with Gasteiger partial charge in [-0.15, -0.1) is 0 Å². The van der Waals surface area contributed by atoms with Gasteiger partial charge in [0, 0.05) is 0 Å². The van der Waals surface area contributed by atoms with Crippen LogP contribution in [0.1, 0.15) is 26.3 Å². The topological polar surface area (TPSA) is 67.8 Å². The minimum atomic E-state index is -0.819. The zero-order valence-electron chi connectivity index (χ0n) is 12.7. The molecule has 1 aliphatic heterocycles. The summed E-state index contributed by atoms with van der Waals surface area (Å²) in [6.45, 7) is 6.60. The molecule has 0 bridgehead atoms. The average Bonchev–Trinajstić information content (AvgIpc) is 2.85. The number of benzene rings is 1. The Hall–Kier alpha value is -1.59. The largest absolute Gasteiger partial charge is 0.447 e. The number of amides is 1. The number of alkyl carbamates (subject to hydrolysis) is 1. The molecule has 1 aliphatic rings. The van der Waals surface area contributed by atoms with E-state index in [1.807, 2.05) is 51.1 Å². The maximum absolute atomic E-state index is 11.1. The molecule has 5 nitrogen and oxygen atoms in total. The quantitative estimate of drug-likeness (QED) is 0.872. The normalized spacial score (nSPS) is 21.5. The van der Waals surface area contributed by atoms with Gasteiger partial charge in [0.2, 0.25) is 0 Å². The lowest BCUT2D eigenvalue weighted by Gasteiger charge is -2.36. The highest BCUT2D eigenvalue weighted by Crippen LogP contribution is 2.28. The number of carbonyl (C=O) groups is 1. The van der Waals surface area contributed by atoms with Crippen LogP contribution in [0, 0.1) is 5.41 Å². The number of nitrogens with one attached hydrogen (secondary N) is 1. The number of aliphatic hydroxyl groups is 1. The number of hydrogen-bond donors (Lipinski definition) is 2. The summed E-state index contributed by atoms with van der Waals surface area (Å²) in [5.41, 5.74) is 0.785. The van der Waals surface area contributed by atoms with E-state index in [1.54, 1.807) is 0 Å². The zero-order valence-corrected chi connectivity index (χ0v) is 12.7. The third kappa shape index (κ3) is 4.19. The molecule has 1 aromatic carbocycles. The lowest BCUT2D eigenvalue weighted by molar-refractivity contribution is -0.109. The van der Waals surface area contributed by atoms with E-state index in [1.165, 1.54) is 0 Å². The Kier molecular flexibility index (Phi) is 4.85. The van der Waals surface area contributed by atoms with Crippen molar-refractivity contribution in [1.82, 2.24) is 5.32 Å². The van der Waals surface area contributed by atoms with Crippen molar-refractivity contribution in [1.29, 1.82) is 0 Å². The van der Waals surface area contributed by atoms with E-state index in [0.717, 1.165) is 5.56 Å². The first kappa shape index (κ1) is 15.8. The molecule has 1 aromatic rings. The zero-order chi connectivity index (χ0) is 15.5. The van der Waals surface area contributed by atoms with Gasteiger partial charge >= 0.3 is 6.09 Å². The highest BCUT2D eigenvalue weighted by atomic mass is 16.6. The fourth-order valence-corrected chi connectivity index (χ4v) is 2.42. The molecule has 2 N–H and O–H groups in total. The maximum Gasteiger partial charge on any atom is 0.407 e. The van der Waals surface area contributed by atoms with Crippen LogP contribution in [0.2, 0.25) is 0 Å². The lowest BCUT2D eigenvalue weighted by Crippen LogP contribution is -2.51. The Labute approximate surface area is 125 Å². The molecule has 2 rings (SSSR count). The average molecular weight is 293 g/mol. The van der Waals surface area contributed by atoms with Crippen molar-refractivity contribution in [2.24, 2.45) is 5.41 Å². The maximum atomic E-state index is 11.1. The molecule has 5 heteroatoms. The predicted molar refractivity (Wildman–Crippen MR) is 78.8 cm³/mol. The van der Waals surface area contributed by atoms with Crippen molar-refractivity contribution in [3.63, 3.8) is 0 Å². The van der Waals surface area contributed by atoms with Crippen molar-refractivity contribution in [2.75, 3.05) is 6.61 Å². The Morgan fingerprint density at radius 1 is 1.38 bits per heavy atom. The predicted octanol–water partition coefficient (Wildman–Crippen LogP) is 2.09. The van der Waals surface area contributed by atoms with Gasteiger partial charge in [-0.25, -0.2) is 4.79 Å². The molecule has 1 heterocycles. The second-order valence-corrected chi connectivity index (χ2v) is 6.42. The first-order valence-electron chi connectivity index (χ1n) is 7.15. The van der Waals surface area contributed by atoms with Gasteiger partial charge in [0.05, 0.1) is 18.8 Å². The fraction of sp³-hybridized carbons (Fsp3) is 0.562. The third-order valence-corrected chi connectivity index (χ3v) is 3.55. The van der Waals surface area contributed by atoms with E-state index in [4.69, 9.17) is 9.47 Å². The number of aliphatic hydroxyl groups excluding tert-OH is 1. The summed E-state index contributed by atoms with van der Waals surface area (Å²) in [5.74, 6) is 0. The van der Waals surface area contributed by atoms with Gasteiger partial charge in [-0.1, -0.05) is 51.1 Å². The van der Waals surface area contributed by atoms with Crippen LogP contribution in [0.3, 0.4) is 0 Å². The molecule has 0 unspecified atom stereocenters. The molecule has 1 saturated heterocycles. The summed E-state index contributed by atoms with van der Waals surface area (Å²) in [4.78, 5) is 11.1. The lowest BCUT2D eigenvalue weighted by atomic mass is 9.83. The Morgan fingerprint density at radius 3 is 2.57 bits per heavy atom. The summed E-state index contributed by atoms with van der Waals surface area (Å²) in [6.07, 6.45) is -1.72. The standard InChI is InChI=1S/C16H23NO4/c1-16(2,3)14(13(18)12-10-21-15(19)17-12)20-9-11-7-5-4-6-8-11/h4-8,12-14,18H,9-10H2,1-3H3,(H,17,19)/t12-,13-,14+/m1/s1. The number of rotatable bonds is 5. The van der Waals surface area contributed by atoms with Gasteiger partial charge in [0.25, 0.3) is 0 Å². The molecule has 21 heavy (non-hydrogen) atoms. The fourth-order valence-electron chi connectivity index (χ4n) is 2.42. The summed E-state index contributed by atoms with van der Waals surface area (Å²) in [6, 6.07) is 9.38. The van der Waals surface area contributed by atoms with E-state index >= 15 is 0 Å². The second-order valence-electron chi connectivity index (χ2n) is 6.42. The highest BCUT2D eigenvalue weighted by molar-refractivity contribution is 5.69. The minimum absolute atomic E-state index is 0.168. The van der Waals surface area contributed by atoms with Crippen LogP contribution < -0.4 is 5.32 Å². The van der Waals surface area contributed by atoms with Crippen LogP contribution in [-0.2, 0) is 16.1 Å². The molecule has 0 saturated carbocycles. The summed E-state index contributed by atoms with van der Waals surface area (Å²) in [5, 5.41) is 13.1. The molecule has 1 fully saturated rings. The van der Waals surface area contributed by atoms with Crippen molar-refractivity contribution in [3.8, 4) is 0 Å². The van der Waals surface area contributed by atoms with E-state index in [0.29, 0.717) is 6.61 Å². The molecule has 0 aromatic heterocycles. The van der Waals surface area contributed by atoms with Gasteiger partial charge in [-0.2, -0.15) is 0 Å². The molecule has 0 aliphatic carbocycles. The van der Waals surface area contributed by atoms with E-state index in [2.05, 4.69) is 5.32 Å². The van der Waals surface area contributed by atoms with Gasteiger partial charge < -0.3 is 19.9 Å². The van der Waals surface area contributed by atoms with E-state index in [-0.39, 0.29) is 12.0 Å². The molecular formula is C16H23NO4. The van der Waals surface area contributed by atoms with Crippen molar-refractivity contribution in [3.05, 3.63) is 35.9 Å². The van der Waals surface area contributed by atoms with E-state index in [9.17, 15) is 9.90 Å². The van der Waals surface area contributed by atoms with Crippen LogP contribution >= 0.6 is 0 Å². The number of cyclic esters (lactones) is 1. The highest BCUT2D eigenvalue weighted by Gasteiger charge is 2.40. The SMILES string of the molecule is CC(C)(C)[C@@H](OCc1ccccc1)[C@H](O)[C@H]1COC(=O)N1. The second kappa shape index (κ2) is 6.45. The number of ether oxygens (including phenoxy) is 2. The Bertz CT molecular complexity index is 469. The Morgan fingerprint density at radius 2 is 2.05 bits per heavy atom. The summed E-state index contributed by atoms with van der Waals surface area (Å²) >= 11 is 0. The van der Waals surface area contributed by atoms with Crippen LogP contribution in [0.15, 0.2) is 30.3 Å². The molecule has 1 amide bonds. The monoisotopic (exact) mass is 293 g/mol. The van der Waals surface area contributed by atoms with Crippen LogP contribution in [0.4, 0.5) is 4.79 Å². The number of hydrogen-bond acceptors (Lipinski definition) is 4. The van der Waals surface area contributed by atoms with E-state index < -0.39 is 24.3 Å². The minimum Gasteiger partial charge on any atom is -0.447 e. The van der Waals surface area contributed by atoms with Crippen molar-refractivity contribution >= 4 is 6.09 Å². The molecule has 116 valence electrons. The van der Waals surface area contributed by atoms with Gasteiger partial charge in [-0.3, -0.25) is 0 Å². The Balaban J connectivity index is 2.02. The first-order chi connectivity index (χ1) is 9.88. The van der Waals surface area contributed by atoms with Crippen LogP contribution in [0.25, 0.3) is 0 Å². The first-order valence-corrected chi connectivity index (χ1v) is 7.15. The molecule has 3 atom stereocenters. The van der Waals surface area contributed by atoms with Gasteiger partial charge in [-0.05, 0) is 11.0 Å². The third-order valence-electron chi connectivity index (χ3n) is 3.55. The van der Waals surface area contributed by atoms with Gasteiger partial charge in [0.15, 0.2) is 0 Å². The van der Waals surface area contributed by atoms with Crippen LogP contribution in [-0.4, -0.2) is 36.1 Å². The smallest absolute Gasteiger partial charge is 0.407 e.